The zero-order valence-corrected chi connectivity index (χ0v) is 19.1. The molecule has 1 aromatic heterocycles. The first kappa shape index (κ1) is 22.5. The topological polar surface area (TPSA) is 103 Å². The Morgan fingerprint density at radius 3 is 2.50 bits per heavy atom. The molecule has 0 saturated carbocycles. The molecule has 2 aromatic rings. The average molecular weight is 459 g/mol. The van der Waals surface area contributed by atoms with E-state index >= 15 is 0 Å². The second kappa shape index (κ2) is 9.46. The first-order valence-electron chi connectivity index (χ1n) is 11.2. The van der Waals surface area contributed by atoms with Crippen molar-refractivity contribution in [3.8, 4) is 0 Å². The van der Waals surface area contributed by atoms with E-state index in [-0.39, 0.29) is 28.9 Å². The van der Waals surface area contributed by atoms with Gasteiger partial charge in [-0.1, -0.05) is 25.1 Å². The van der Waals surface area contributed by atoms with Crippen molar-refractivity contribution in [2.45, 2.75) is 37.5 Å². The van der Waals surface area contributed by atoms with Gasteiger partial charge in [-0.2, -0.15) is 4.31 Å². The van der Waals surface area contributed by atoms with Gasteiger partial charge in [0.1, 0.15) is 10.6 Å². The Hall–Kier alpha value is -2.65. The van der Waals surface area contributed by atoms with Crippen molar-refractivity contribution < 1.29 is 18.0 Å². The van der Waals surface area contributed by atoms with E-state index in [2.05, 4.69) is 17.2 Å². The number of rotatable bonds is 5. The normalized spacial score (nSPS) is 20.8. The van der Waals surface area contributed by atoms with Crippen molar-refractivity contribution in [2.24, 2.45) is 11.8 Å². The van der Waals surface area contributed by atoms with Crippen LogP contribution in [0.3, 0.4) is 0 Å². The van der Waals surface area contributed by atoms with Crippen molar-refractivity contribution in [3.05, 3.63) is 48.3 Å². The van der Waals surface area contributed by atoms with Crippen LogP contribution >= 0.6 is 0 Å². The molecule has 2 N–H and O–H groups in total. The number of sulfonamides is 1. The number of hydrogen-bond donors (Lipinski definition) is 2. The first-order chi connectivity index (χ1) is 15.3. The second-order valence-electron chi connectivity index (χ2n) is 8.78. The number of likely N-dealkylation sites (tertiary alicyclic amines) is 1. The number of benzene rings is 1. The summed E-state index contributed by atoms with van der Waals surface area (Å²) in [7, 11) is -3.80. The van der Waals surface area contributed by atoms with Crippen LogP contribution in [-0.2, 0) is 14.8 Å². The van der Waals surface area contributed by atoms with Crippen molar-refractivity contribution in [3.63, 3.8) is 0 Å². The minimum Gasteiger partial charge on any atom is -0.356 e. The molecule has 2 saturated heterocycles. The lowest BCUT2D eigenvalue weighted by Gasteiger charge is -2.31. The summed E-state index contributed by atoms with van der Waals surface area (Å²) in [6, 6.07) is 10.6. The summed E-state index contributed by atoms with van der Waals surface area (Å²) in [6.07, 6.45) is 4.53. The van der Waals surface area contributed by atoms with Gasteiger partial charge in [-0.3, -0.25) is 9.59 Å². The summed E-state index contributed by atoms with van der Waals surface area (Å²) >= 11 is 0. The minimum atomic E-state index is -3.80. The molecule has 2 amide bonds. The molecular weight excluding hydrogens is 428 g/mol. The number of anilines is 1. The van der Waals surface area contributed by atoms with Gasteiger partial charge >= 0.3 is 0 Å². The van der Waals surface area contributed by atoms with Crippen molar-refractivity contribution in [2.75, 3.05) is 31.5 Å². The molecule has 0 spiro atoms. The summed E-state index contributed by atoms with van der Waals surface area (Å²) in [5, 5.41) is 2.87. The van der Waals surface area contributed by atoms with E-state index in [1.54, 1.807) is 17.0 Å². The predicted molar refractivity (Wildman–Crippen MR) is 122 cm³/mol. The van der Waals surface area contributed by atoms with E-state index in [9.17, 15) is 18.0 Å². The van der Waals surface area contributed by atoms with Gasteiger partial charge in [-0.15, -0.1) is 0 Å². The minimum absolute atomic E-state index is 0.0651. The van der Waals surface area contributed by atoms with Gasteiger partial charge in [0.15, 0.2) is 0 Å². The highest BCUT2D eigenvalue weighted by atomic mass is 32.2. The molecule has 2 aliphatic rings. The van der Waals surface area contributed by atoms with Gasteiger partial charge < -0.3 is 15.2 Å². The molecule has 172 valence electrons. The third kappa shape index (κ3) is 4.88. The Balaban J connectivity index is 1.43. The standard InChI is InChI=1S/C23H30N4O4S/c1-17-9-12-26(13-10-17)23(29)21-14-20(15-24-21)32(30,31)27-11-5-6-18(16-27)22(28)25-19-7-3-2-4-8-19/h2-4,7-8,14-15,17-18,24H,5-6,9-13,16H2,1H3,(H,25,28)/t18-/m1/s1. The first-order valence-corrected chi connectivity index (χ1v) is 12.6. The molecule has 0 radical (unpaired) electrons. The summed E-state index contributed by atoms with van der Waals surface area (Å²) in [6.45, 7) is 4.03. The molecule has 3 heterocycles. The molecule has 2 fully saturated rings. The fourth-order valence-electron chi connectivity index (χ4n) is 4.32. The number of para-hydroxylation sites is 1. The Morgan fingerprint density at radius 1 is 1.06 bits per heavy atom. The number of carbonyl (C=O) groups excluding carboxylic acids is 2. The monoisotopic (exact) mass is 458 g/mol. The highest BCUT2D eigenvalue weighted by molar-refractivity contribution is 7.89. The Kier molecular flexibility index (Phi) is 6.66. The van der Waals surface area contributed by atoms with Gasteiger partial charge in [-0.25, -0.2) is 8.42 Å². The lowest BCUT2D eigenvalue weighted by Crippen LogP contribution is -2.43. The lowest BCUT2D eigenvalue weighted by atomic mass is 9.99. The van der Waals surface area contributed by atoms with Gasteiger partial charge in [0.05, 0.1) is 5.92 Å². The fraction of sp³-hybridized carbons (Fsp3) is 0.478. The third-order valence-corrected chi connectivity index (χ3v) is 8.23. The highest BCUT2D eigenvalue weighted by Crippen LogP contribution is 2.26. The van der Waals surface area contributed by atoms with Crippen LogP contribution in [0, 0.1) is 11.8 Å². The molecule has 4 rings (SSSR count). The van der Waals surface area contributed by atoms with E-state index < -0.39 is 15.9 Å². The lowest BCUT2D eigenvalue weighted by molar-refractivity contribution is -0.120. The zero-order valence-electron chi connectivity index (χ0n) is 18.3. The van der Waals surface area contributed by atoms with Crippen molar-refractivity contribution in [1.29, 1.82) is 0 Å². The number of piperidine rings is 2. The summed E-state index contributed by atoms with van der Waals surface area (Å²) in [4.78, 5) is 30.1. The van der Waals surface area contributed by atoms with Crippen LogP contribution in [0.15, 0.2) is 47.5 Å². The third-order valence-electron chi connectivity index (χ3n) is 6.39. The molecule has 9 heteroatoms. The number of amides is 2. The second-order valence-corrected chi connectivity index (χ2v) is 10.7. The van der Waals surface area contributed by atoms with Crippen LogP contribution in [0.25, 0.3) is 0 Å². The van der Waals surface area contributed by atoms with Crippen LogP contribution < -0.4 is 5.32 Å². The fourth-order valence-corrected chi connectivity index (χ4v) is 5.84. The number of nitrogens with zero attached hydrogens (tertiary/aromatic N) is 2. The van der Waals surface area contributed by atoms with Gasteiger partial charge in [0.2, 0.25) is 15.9 Å². The maximum Gasteiger partial charge on any atom is 0.270 e. The van der Waals surface area contributed by atoms with Crippen LogP contribution in [0.2, 0.25) is 0 Å². The quantitative estimate of drug-likeness (QED) is 0.719. The molecule has 1 atom stereocenters. The summed E-state index contributed by atoms with van der Waals surface area (Å²) in [5.41, 5.74) is 0.979. The van der Waals surface area contributed by atoms with E-state index in [0.717, 1.165) is 12.8 Å². The summed E-state index contributed by atoms with van der Waals surface area (Å²) < 4.78 is 27.8. The Morgan fingerprint density at radius 2 is 1.78 bits per heavy atom. The Bertz CT molecular complexity index is 1060. The number of hydrogen-bond acceptors (Lipinski definition) is 4. The molecule has 2 aliphatic heterocycles. The number of aromatic nitrogens is 1. The molecule has 0 aliphatic carbocycles. The van der Waals surface area contributed by atoms with E-state index in [0.29, 0.717) is 44.1 Å². The molecule has 8 nitrogen and oxygen atoms in total. The molecule has 32 heavy (non-hydrogen) atoms. The molecule has 1 aromatic carbocycles. The van der Waals surface area contributed by atoms with Crippen molar-refractivity contribution in [1.82, 2.24) is 14.2 Å². The number of nitrogens with one attached hydrogen (secondary N) is 2. The van der Waals surface area contributed by atoms with Crippen LogP contribution in [0.4, 0.5) is 5.69 Å². The van der Waals surface area contributed by atoms with Gasteiger partial charge in [-0.05, 0) is 49.8 Å². The molecule has 0 unspecified atom stereocenters. The molecular formula is C23H30N4O4S. The largest absolute Gasteiger partial charge is 0.356 e. The summed E-state index contributed by atoms with van der Waals surface area (Å²) in [5.74, 6) is -0.170. The van der Waals surface area contributed by atoms with Gasteiger partial charge in [0, 0.05) is 38.1 Å². The smallest absolute Gasteiger partial charge is 0.270 e. The van der Waals surface area contributed by atoms with Crippen molar-refractivity contribution >= 4 is 27.5 Å². The maximum atomic E-state index is 13.2. The maximum absolute atomic E-state index is 13.2. The zero-order chi connectivity index (χ0) is 22.7. The van der Waals surface area contributed by atoms with E-state index in [1.165, 1.54) is 16.6 Å². The van der Waals surface area contributed by atoms with Crippen LogP contribution in [-0.4, -0.2) is 60.6 Å². The highest BCUT2D eigenvalue weighted by Gasteiger charge is 2.34. The number of carbonyl (C=O) groups is 2. The van der Waals surface area contributed by atoms with Crippen LogP contribution in [0.5, 0.6) is 0 Å². The van der Waals surface area contributed by atoms with Crippen LogP contribution in [0.1, 0.15) is 43.1 Å². The average Bonchev–Trinajstić information content (AvgIpc) is 3.31. The predicted octanol–water partition coefficient (Wildman–Crippen LogP) is 2.93. The Labute approximate surface area is 189 Å². The van der Waals surface area contributed by atoms with E-state index in [1.807, 2.05) is 18.2 Å². The van der Waals surface area contributed by atoms with E-state index in [4.69, 9.17) is 0 Å². The number of aromatic amines is 1. The number of H-pyrrole nitrogens is 1. The van der Waals surface area contributed by atoms with Gasteiger partial charge in [0.25, 0.3) is 5.91 Å². The SMILES string of the molecule is CC1CCN(C(=O)c2cc(S(=O)(=O)N3CCC[C@@H](C(=O)Nc4ccccc4)C3)c[nH]2)CC1. The molecule has 0 bridgehead atoms.